The molecule has 1 heterocycles. The van der Waals surface area contributed by atoms with Gasteiger partial charge in [0.25, 0.3) is 5.91 Å². The number of ether oxygens (including phenoxy) is 1. The number of halogens is 1. The topological polar surface area (TPSA) is 41.6 Å². The first-order valence-electron chi connectivity index (χ1n) is 7.34. The van der Waals surface area contributed by atoms with Crippen molar-refractivity contribution in [2.24, 2.45) is 0 Å². The summed E-state index contributed by atoms with van der Waals surface area (Å²) in [4.78, 5) is 14.1. The molecular weight excluding hydrogens is 288 g/mol. The van der Waals surface area contributed by atoms with Crippen molar-refractivity contribution in [3.8, 4) is 5.75 Å². The van der Waals surface area contributed by atoms with E-state index in [-0.39, 0.29) is 24.9 Å². The molecule has 2 rings (SSSR count). The quantitative estimate of drug-likeness (QED) is 0.927. The fourth-order valence-corrected chi connectivity index (χ4v) is 2.70. The van der Waals surface area contributed by atoms with Gasteiger partial charge in [0.1, 0.15) is 5.75 Å². The number of amides is 1. The second-order valence-electron chi connectivity index (χ2n) is 5.52. The first-order chi connectivity index (χ1) is 9.60. The number of nitrogens with one attached hydrogen (secondary N) is 1. The van der Waals surface area contributed by atoms with Crippen molar-refractivity contribution in [3.05, 3.63) is 29.8 Å². The Hall–Kier alpha value is -1.26. The summed E-state index contributed by atoms with van der Waals surface area (Å²) in [6.07, 6.45) is 0.909. The zero-order valence-corrected chi connectivity index (χ0v) is 13.8. The zero-order valence-electron chi connectivity index (χ0n) is 13.0. The monoisotopic (exact) mass is 312 g/mol. The van der Waals surface area contributed by atoms with Crippen molar-refractivity contribution in [2.75, 3.05) is 19.7 Å². The van der Waals surface area contributed by atoms with Crippen LogP contribution in [0.1, 0.15) is 26.3 Å². The zero-order chi connectivity index (χ0) is 14.5. The summed E-state index contributed by atoms with van der Waals surface area (Å²) >= 11 is 0. The third kappa shape index (κ3) is 4.90. The van der Waals surface area contributed by atoms with E-state index in [2.05, 4.69) is 26.1 Å². The van der Waals surface area contributed by atoms with Crippen LogP contribution in [0.3, 0.4) is 0 Å². The predicted molar refractivity (Wildman–Crippen MR) is 87.2 cm³/mol. The number of benzene rings is 1. The Labute approximate surface area is 133 Å². The second kappa shape index (κ2) is 8.25. The van der Waals surface area contributed by atoms with E-state index in [9.17, 15) is 4.79 Å². The number of nitrogens with zero attached hydrogens (tertiary/aromatic N) is 1. The maximum Gasteiger partial charge on any atom is 0.260 e. The van der Waals surface area contributed by atoms with Crippen LogP contribution in [0.2, 0.25) is 0 Å². The van der Waals surface area contributed by atoms with Crippen molar-refractivity contribution in [3.63, 3.8) is 0 Å². The van der Waals surface area contributed by atoms with E-state index in [1.807, 2.05) is 29.2 Å². The Morgan fingerprint density at radius 2 is 1.90 bits per heavy atom. The summed E-state index contributed by atoms with van der Waals surface area (Å²) in [6, 6.07) is 8.57. The average molecular weight is 313 g/mol. The minimum atomic E-state index is 0. The molecule has 118 valence electrons. The minimum Gasteiger partial charge on any atom is -0.483 e. The molecule has 1 aromatic carbocycles. The van der Waals surface area contributed by atoms with Crippen molar-refractivity contribution < 1.29 is 9.53 Å². The van der Waals surface area contributed by atoms with Crippen molar-refractivity contribution in [1.29, 1.82) is 0 Å². The number of piperazine rings is 1. The van der Waals surface area contributed by atoms with Gasteiger partial charge in [-0.25, -0.2) is 0 Å². The molecule has 4 nitrogen and oxygen atoms in total. The summed E-state index contributed by atoms with van der Waals surface area (Å²) in [6.45, 7) is 7.91. The lowest BCUT2D eigenvalue weighted by Crippen LogP contribution is -2.56. The van der Waals surface area contributed by atoms with Gasteiger partial charge in [0, 0.05) is 25.2 Å². The number of aryl methyl sites for hydroxylation is 1. The molecule has 0 saturated carbocycles. The summed E-state index contributed by atoms with van der Waals surface area (Å²) in [5.74, 6) is 0.885. The summed E-state index contributed by atoms with van der Waals surface area (Å²) < 4.78 is 5.70. The number of carbonyl (C=O) groups is 1. The number of hydrogen-bond acceptors (Lipinski definition) is 3. The third-order valence-electron chi connectivity index (χ3n) is 3.61. The Bertz CT molecular complexity index is 457. The highest BCUT2D eigenvalue weighted by molar-refractivity contribution is 5.85. The van der Waals surface area contributed by atoms with E-state index in [1.165, 1.54) is 0 Å². The van der Waals surface area contributed by atoms with E-state index in [0.717, 1.165) is 30.8 Å². The average Bonchev–Trinajstić information content (AvgIpc) is 2.44. The first-order valence-corrected chi connectivity index (χ1v) is 7.34. The van der Waals surface area contributed by atoms with Crippen molar-refractivity contribution in [2.45, 2.75) is 39.3 Å². The van der Waals surface area contributed by atoms with Gasteiger partial charge in [-0.05, 0) is 31.9 Å². The predicted octanol–water partition coefficient (Wildman–Crippen LogP) is 2.26. The van der Waals surface area contributed by atoms with Gasteiger partial charge in [0.15, 0.2) is 6.61 Å². The van der Waals surface area contributed by atoms with Crippen LogP contribution in [0.5, 0.6) is 5.75 Å². The van der Waals surface area contributed by atoms with Gasteiger partial charge in [-0.15, -0.1) is 12.4 Å². The van der Waals surface area contributed by atoms with Crippen LogP contribution in [0, 0.1) is 0 Å². The largest absolute Gasteiger partial charge is 0.483 e. The highest BCUT2D eigenvalue weighted by Crippen LogP contribution is 2.18. The van der Waals surface area contributed by atoms with Crippen LogP contribution in [0.4, 0.5) is 0 Å². The molecule has 1 aliphatic heterocycles. The van der Waals surface area contributed by atoms with E-state index in [1.54, 1.807) is 0 Å². The number of carbonyl (C=O) groups excluding carboxylic acids is 1. The fourth-order valence-electron chi connectivity index (χ4n) is 2.70. The molecule has 0 aliphatic carbocycles. The van der Waals surface area contributed by atoms with Crippen molar-refractivity contribution >= 4 is 18.3 Å². The summed E-state index contributed by atoms with van der Waals surface area (Å²) in [5.41, 5.74) is 1.14. The fraction of sp³-hybridized carbons (Fsp3) is 0.562. The molecule has 5 heteroatoms. The Morgan fingerprint density at radius 1 is 1.29 bits per heavy atom. The Kier molecular flexibility index (Phi) is 6.99. The molecule has 21 heavy (non-hydrogen) atoms. The molecule has 0 aromatic heterocycles. The van der Waals surface area contributed by atoms with Gasteiger partial charge in [0.2, 0.25) is 0 Å². The van der Waals surface area contributed by atoms with Gasteiger partial charge < -0.3 is 15.0 Å². The molecule has 1 aromatic rings. The highest BCUT2D eigenvalue weighted by atomic mass is 35.5. The van der Waals surface area contributed by atoms with Gasteiger partial charge in [0.05, 0.1) is 0 Å². The summed E-state index contributed by atoms with van der Waals surface area (Å²) in [7, 11) is 0. The van der Waals surface area contributed by atoms with Crippen LogP contribution in [-0.2, 0) is 11.2 Å². The first kappa shape index (κ1) is 17.8. The van der Waals surface area contributed by atoms with E-state index in [0.29, 0.717) is 12.1 Å². The lowest BCUT2D eigenvalue weighted by atomic mass is 10.1. The van der Waals surface area contributed by atoms with Crippen LogP contribution in [0.15, 0.2) is 24.3 Å². The van der Waals surface area contributed by atoms with Crippen molar-refractivity contribution in [1.82, 2.24) is 10.2 Å². The van der Waals surface area contributed by atoms with Crippen LogP contribution in [-0.4, -0.2) is 42.6 Å². The maximum absolute atomic E-state index is 12.2. The van der Waals surface area contributed by atoms with Crippen LogP contribution >= 0.6 is 12.4 Å². The molecule has 0 radical (unpaired) electrons. The van der Waals surface area contributed by atoms with E-state index < -0.39 is 0 Å². The second-order valence-corrected chi connectivity index (χ2v) is 5.52. The molecule has 1 N–H and O–H groups in total. The standard InChI is InChI=1S/C16H24N2O2.ClH/c1-4-14-7-5-6-8-15(14)20-11-16(19)18-9-12(2)17-13(3)10-18;/h5-8,12-13,17H,4,9-11H2,1-3H3;1H. The molecular formula is C16H25ClN2O2. The van der Waals surface area contributed by atoms with E-state index >= 15 is 0 Å². The lowest BCUT2D eigenvalue weighted by molar-refractivity contribution is -0.135. The number of para-hydroxylation sites is 1. The van der Waals surface area contributed by atoms with E-state index in [4.69, 9.17) is 4.74 Å². The van der Waals surface area contributed by atoms with Gasteiger partial charge in [-0.3, -0.25) is 4.79 Å². The molecule has 1 amide bonds. The van der Waals surface area contributed by atoms with Crippen LogP contribution < -0.4 is 10.1 Å². The smallest absolute Gasteiger partial charge is 0.260 e. The molecule has 0 bridgehead atoms. The van der Waals surface area contributed by atoms with Gasteiger partial charge in [-0.1, -0.05) is 25.1 Å². The lowest BCUT2D eigenvalue weighted by Gasteiger charge is -2.36. The highest BCUT2D eigenvalue weighted by Gasteiger charge is 2.24. The number of rotatable bonds is 4. The minimum absolute atomic E-state index is 0. The normalized spacial score (nSPS) is 21.6. The molecule has 1 fully saturated rings. The molecule has 1 saturated heterocycles. The molecule has 2 unspecified atom stereocenters. The molecule has 0 spiro atoms. The molecule has 2 atom stereocenters. The maximum atomic E-state index is 12.2. The third-order valence-corrected chi connectivity index (χ3v) is 3.61. The van der Waals surface area contributed by atoms with Crippen LogP contribution in [0.25, 0.3) is 0 Å². The molecule has 1 aliphatic rings. The Balaban J connectivity index is 0.00000220. The number of hydrogen-bond donors (Lipinski definition) is 1. The van der Waals surface area contributed by atoms with Gasteiger partial charge >= 0.3 is 0 Å². The summed E-state index contributed by atoms with van der Waals surface area (Å²) in [5, 5.41) is 3.42. The SMILES string of the molecule is CCc1ccccc1OCC(=O)N1CC(C)NC(C)C1.Cl. The van der Waals surface area contributed by atoms with Gasteiger partial charge in [-0.2, -0.15) is 0 Å². The Morgan fingerprint density at radius 3 is 2.52 bits per heavy atom.